The van der Waals surface area contributed by atoms with Gasteiger partial charge in [0.1, 0.15) is 0 Å². The Balaban J connectivity index is 2.20. The molecule has 96 valence electrons. The largest absolute Gasteiger partial charge is 0.349 e. The van der Waals surface area contributed by atoms with Gasteiger partial charge < -0.3 is 5.32 Å². The third-order valence-electron chi connectivity index (χ3n) is 3.09. The number of hydrogen-bond acceptors (Lipinski definition) is 1. The third-order valence-corrected chi connectivity index (χ3v) is 3.09. The van der Waals surface area contributed by atoms with E-state index in [1.165, 1.54) is 25.7 Å². The Morgan fingerprint density at radius 2 is 2.18 bits per heavy atom. The minimum Gasteiger partial charge on any atom is -0.349 e. The normalized spacial score (nSPS) is 17.1. The molecule has 1 atom stereocenters. The molecule has 0 radical (unpaired) electrons. The van der Waals surface area contributed by atoms with Crippen LogP contribution in [0.3, 0.4) is 0 Å². The van der Waals surface area contributed by atoms with Gasteiger partial charge in [-0.05, 0) is 25.2 Å². The summed E-state index contributed by atoms with van der Waals surface area (Å²) in [6, 6.07) is 0.412. The van der Waals surface area contributed by atoms with E-state index in [-0.39, 0.29) is 5.91 Å². The van der Waals surface area contributed by atoms with Crippen molar-refractivity contribution in [2.24, 2.45) is 5.92 Å². The second-order valence-corrected chi connectivity index (χ2v) is 5.11. The smallest absolute Gasteiger partial charge is 0.250 e. The predicted molar refractivity (Wildman–Crippen MR) is 72.8 cm³/mol. The van der Waals surface area contributed by atoms with Gasteiger partial charge in [0, 0.05) is 11.6 Å². The molecule has 2 heteroatoms. The average Bonchev–Trinajstić information content (AvgIpc) is 3.10. The van der Waals surface area contributed by atoms with Crippen molar-refractivity contribution >= 4 is 5.91 Å². The number of unbranched alkanes of at least 4 members (excludes halogenated alkanes) is 2. The molecular weight excluding hydrogens is 210 g/mol. The van der Waals surface area contributed by atoms with Gasteiger partial charge in [-0.2, -0.15) is 0 Å². The van der Waals surface area contributed by atoms with Crippen molar-refractivity contribution in [3.05, 3.63) is 24.3 Å². The number of allylic oxidation sites excluding steroid dienone is 1. The molecule has 2 nitrogen and oxygen atoms in total. The van der Waals surface area contributed by atoms with Crippen LogP contribution in [0.15, 0.2) is 24.3 Å². The van der Waals surface area contributed by atoms with Gasteiger partial charge in [0.05, 0.1) is 0 Å². The molecule has 1 amide bonds. The fraction of sp³-hybridized carbons (Fsp3) is 0.667. The molecule has 0 aliphatic heterocycles. The third kappa shape index (κ3) is 6.30. The topological polar surface area (TPSA) is 29.1 Å². The van der Waals surface area contributed by atoms with Gasteiger partial charge >= 0.3 is 0 Å². The molecule has 0 aromatic carbocycles. The number of rotatable bonds is 8. The zero-order valence-corrected chi connectivity index (χ0v) is 11.2. The molecule has 1 aliphatic rings. The van der Waals surface area contributed by atoms with Crippen LogP contribution >= 0.6 is 0 Å². The second-order valence-electron chi connectivity index (χ2n) is 5.11. The maximum absolute atomic E-state index is 11.6. The summed E-state index contributed by atoms with van der Waals surface area (Å²) < 4.78 is 0. The first-order valence-electron chi connectivity index (χ1n) is 6.81. The monoisotopic (exact) mass is 235 g/mol. The molecule has 0 saturated heterocycles. The highest BCUT2D eigenvalue weighted by molar-refractivity contribution is 5.95. The summed E-state index contributed by atoms with van der Waals surface area (Å²) in [5, 5.41) is 2.94. The molecule has 0 heterocycles. The highest BCUT2D eigenvalue weighted by atomic mass is 16.1. The van der Waals surface area contributed by atoms with Gasteiger partial charge in [-0.15, -0.1) is 0 Å². The van der Waals surface area contributed by atoms with Crippen molar-refractivity contribution in [1.82, 2.24) is 5.32 Å². The molecule has 1 unspecified atom stereocenters. The molecule has 0 aromatic rings. The zero-order valence-electron chi connectivity index (χ0n) is 11.2. The maximum Gasteiger partial charge on any atom is 0.250 e. The van der Waals surface area contributed by atoms with E-state index in [0.717, 1.165) is 12.8 Å². The van der Waals surface area contributed by atoms with Gasteiger partial charge in [-0.3, -0.25) is 4.79 Å². The van der Waals surface area contributed by atoms with Crippen molar-refractivity contribution < 1.29 is 4.79 Å². The summed E-state index contributed by atoms with van der Waals surface area (Å²) >= 11 is 0. The lowest BCUT2D eigenvalue weighted by atomic mass is 10.0. The fourth-order valence-electron chi connectivity index (χ4n) is 1.67. The Bertz CT molecular complexity index is 289. The lowest BCUT2D eigenvalue weighted by molar-refractivity contribution is -0.117. The Hall–Kier alpha value is -1.05. The molecule has 1 saturated carbocycles. The van der Waals surface area contributed by atoms with Crippen molar-refractivity contribution in [3.63, 3.8) is 0 Å². The van der Waals surface area contributed by atoms with E-state index in [0.29, 0.717) is 17.5 Å². The molecular formula is C15H25NO. The lowest BCUT2D eigenvalue weighted by Crippen LogP contribution is -2.25. The molecule has 1 fully saturated rings. The van der Waals surface area contributed by atoms with E-state index < -0.39 is 0 Å². The molecule has 1 rings (SSSR count). The van der Waals surface area contributed by atoms with Crippen molar-refractivity contribution in [2.75, 3.05) is 0 Å². The molecule has 0 aromatic heterocycles. The number of hydrogen-bond donors (Lipinski definition) is 1. The number of nitrogens with one attached hydrogen (secondary N) is 1. The first kappa shape index (κ1) is 14.0. The van der Waals surface area contributed by atoms with Crippen molar-refractivity contribution in [2.45, 2.75) is 58.4 Å². The number of carbonyl (C=O) groups is 1. The van der Waals surface area contributed by atoms with Crippen LogP contribution in [0.4, 0.5) is 0 Å². The average molecular weight is 235 g/mol. The fourth-order valence-corrected chi connectivity index (χ4v) is 1.67. The molecule has 1 N–H and O–H groups in total. The van der Waals surface area contributed by atoms with E-state index >= 15 is 0 Å². The number of carbonyl (C=O) groups excluding carboxylic acids is 1. The van der Waals surface area contributed by atoms with Crippen LogP contribution in [0.1, 0.15) is 52.4 Å². The minimum absolute atomic E-state index is 0.00971. The van der Waals surface area contributed by atoms with E-state index in [2.05, 4.69) is 31.8 Å². The van der Waals surface area contributed by atoms with E-state index in [1.54, 1.807) is 0 Å². The summed E-state index contributed by atoms with van der Waals surface area (Å²) in [7, 11) is 0. The van der Waals surface area contributed by atoms with Gasteiger partial charge in [-0.1, -0.05) is 51.8 Å². The Morgan fingerprint density at radius 1 is 1.47 bits per heavy atom. The quantitative estimate of drug-likeness (QED) is 0.389. The first-order chi connectivity index (χ1) is 8.13. The van der Waals surface area contributed by atoms with E-state index in [4.69, 9.17) is 0 Å². The molecule has 0 bridgehead atoms. The highest BCUT2D eigenvalue weighted by Gasteiger charge is 2.23. The van der Waals surface area contributed by atoms with Gasteiger partial charge in [-0.25, -0.2) is 0 Å². The molecule has 0 spiro atoms. The SMILES string of the molecule is C=C(C=CC(C)CCCCC)C(=O)NC1CC1. The summed E-state index contributed by atoms with van der Waals surface area (Å²) in [5.41, 5.74) is 0.583. The first-order valence-corrected chi connectivity index (χ1v) is 6.81. The Kier molecular flexibility index (Phi) is 6.03. The predicted octanol–water partition coefficient (Wildman–Crippen LogP) is 3.59. The van der Waals surface area contributed by atoms with Crippen LogP contribution in [0.2, 0.25) is 0 Å². The summed E-state index contributed by atoms with van der Waals surface area (Å²) in [5.74, 6) is 0.525. The second kappa shape index (κ2) is 7.31. The minimum atomic E-state index is -0.00971. The summed E-state index contributed by atoms with van der Waals surface area (Å²) in [6.45, 7) is 8.21. The highest BCUT2D eigenvalue weighted by Crippen LogP contribution is 2.19. The van der Waals surface area contributed by atoms with Crippen LogP contribution in [0.5, 0.6) is 0 Å². The van der Waals surface area contributed by atoms with Crippen LogP contribution < -0.4 is 5.32 Å². The van der Waals surface area contributed by atoms with Crippen LogP contribution in [-0.2, 0) is 4.79 Å². The van der Waals surface area contributed by atoms with Crippen LogP contribution in [0.25, 0.3) is 0 Å². The standard InChI is InChI=1S/C15H25NO/c1-4-5-6-7-12(2)8-9-13(3)15(17)16-14-10-11-14/h8-9,12,14H,3-7,10-11H2,1-2H3,(H,16,17). The van der Waals surface area contributed by atoms with Gasteiger partial charge in [0.25, 0.3) is 5.91 Å². The molecule has 1 aliphatic carbocycles. The molecule has 17 heavy (non-hydrogen) atoms. The van der Waals surface area contributed by atoms with Crippen molar-refractivity contribution in [1.29, 1.82) is 0 Å². The zero-order chi connectivity index (χ0) is 12.7. The summed E-state index contributed by atoms with van der Waals surface area (Å²) in [4.78, 5) is 11.6. The van der Waals surface area contributed by atoms with Gasteiger partial charge in [0.15, 0.2) is 0 Å². The maximum atomic E-state index is 11.6. The Labute approximate surface area is 105 Å². The van der Waals surface area contributed by atoms with E-state index in [1.807, 2.05) is 6.08 Å². The Morgan fingerprint density at radius 3 is 2.76 bits per heavy atom. The van der Waals surface area contributed by atoms with Crippen LogP contribution in [0, 0.1) is 5.92 Å². The van der Waals surface area contributed by atoms with Gasteiger partial charge in [0.2, 0.25) is 0 Å². The lowest BCUT2D eigenvalue weighted by Gasteiger charge is -2.06. The van der Waals surface area contributed by atoms with E-state index in [9.17, 15) is 4.79 Å². The summed E-state index contributed by atoms with van der Waals surface area (Å²) in [6.07, 6.45) is 11.2. The number of amides is 1. The van der Waals surface area contributed by atoms with Crippen molar-refractivity contribution in [3.8, 4) is 0 Å². The van der Waals surface area contributed by atoms with Crippen LogP contribution in [-0.4, -0.2) is 11.9 Å².